The number of hydrogen-bond donors (Lipinski definition) is 2. The van der Waals surface area contributed by atoms with Gasteiger partial charge < -0.3 is 10.6 Å². The van der Waals surface area contributed by atoms with E-state index in [1.165, 1.54) is 0 Å². The lowest BCUT2D eigenvalue weighted by molar-refractivity contribution is 0.738. The SMILES string of the molecule is Cc1ccnc(NC(=S)NC(C)C)n1. The Morgan fingerprint density at radius 1 is 1.50 bits per heavy atom. The van der Waals surface area contributed by atoms with Gasteiger partial charge in [-0.05, 0) is 39.1 Å². The van der Waals surface area contributed by atoms with Crippen LogP contribution in [0.5, 0.6) is 0 Å². The van der Waals surface area contributed by atoms with Crippen LogP contribution in [0.15, 0.2) is 12.3 Å². The van der Waals surface area contributed by atoms with E-state index in [1.54, 1.807) is 6.20 Å². The maximum absolute atomic E-state index is 5.05. The van der Waals surface area contributed by atoms with Gasteiger partial charge in [0, 0.05) is 17.9 Å². The highest BCUT2D eigenvalue weighted by Crippen LogP contribution is 1.98. The van der Waals surface area contributed by atoms with Gasteiger partial charge in [0.05, 0.1) is 0 Å². The monoisotopic (exact) mass is 210 g/mol. The highest BCUT2D eigenvalue weighted by molar-refractivity contribution is 7.80. The first-order valence-electron chi connectivity index (χ1n) is 4.45. The van der Waals surface area contributed by atoms with E-state index in [1.807, 2.05) is 26.8 Å². The van der Waals surface area contributed by atoms with Crippen LogP contribution < -0.4 is 10.6 Å². The second kappa shape index (κ2) is 4.85. The second-order valence-electron chi connectivity index (χ2n) is 3.27. The van der Waals surface area contributed by atoms with Crippen LogP contribution >= 0.6 is 12.2 Å². The smallest absolute Gasteiger partial charge is 0.229 e. The fourth-order valence-corrected chi connectivity index (χ4v) is 1.24. The summed E-state index contributed by atoms with van der Waals surface area (Å²) in [6.07, 6.45) is 1.70. The predicted molar refractivity (Wildman–Crippen MR) is 61.3 cm³/mol. The van der Waals surface area contributed by atoms with Crippen molar-refractivity contribution in [1.29, 1.82) is 0 Å². The average molecular weight is 210 g/mol. The number of aromatic nitrogens is 2. The number of hydrogen-bond acceptors (Lipinski definition) is 3. The van der Waals surface area contributed by atoms with Gasteiger partial charge in [0.1, 0.15) is 0 Å². The van der Waals surface area contributed by atoms with E-state index in [0.717, 1.165) is 5.69 Å². The molecule has 1 aromatic heterocycles. The molecule has 0 aromatic carbocycles. The predicted octanol–water partition coefficient (Wildman–Crippen LogP) is 1.48. The Hall–Kier alpha value is -1.23. The van der Waals surface area contributed by atoms with Crippen molar-refractivity contribution >= 4 is 23.3 Å². The summed E-state index contributed by atoms with van der Waals surface area (Å²) in [7, 11) is 0. The number of nitrogens with one attached hydrogen (secondary N) is 2. The molecule has 0 aliphatic carbocycles. The summed E-state index contributed by atoms with van der Waals surface area (Å²) < 4.78 is 0. The maximum atomic E-state index is 5.05. The molecule has 0 saturated carbocycles. The van der Waals surface area contributed by atoms with Crippen molar-refractivity contribution in [2.45, 2.75) is 26.8 Å². The molecule has 0 aliphatic rings. The third-order valence-corrected chi connectivity index (χ3v) is 1.66. The first-order valence-corrected chi connectivity index (χ1v) is 4.86. The molecule has 76 valence electrons. The molecule has 0 spiro atoms. The molecule has 0 aliphatic heterocycles. The lowest BCUT2D eigenvalue weighted by Crippen LogP contribution is -2.34. The first-order chi connectivity index (χ1) is 6.58. The van der Waals surface area contributed by atoms with Gasteiger partial charge in [0.15, 0.2) is 5.11 Å². The summed E-state index contributed by atoms with van der Waals surface area (Å²) in [6.45, 7) is 5.95. The minimum atomic E-state index is 0.305. The lowest BCUT2D eigenvalue weighted by Gasteiger charge is -2.11. The topological polar surface area (TPSA) is 49.8 Å². The largest absolute Gasteiger partial charge is 0.360 e. The van der Waals surface area contributed by atoms with Crippen LogP contribution in [0.25, 0.3) is 0 Å². The molecule has 0 atom stereocenters. The number of anilines is 1. The van der Waals surface area contributed by atoms with Gasteiger partial charge in [-0.15, -0.1) is 0 Å². The Balaban J connectivity index is 2.56. The lowest BCUT2D eigenvalue weighted by atomic mass is 10.4. The number of nitrogens with zero attached hydrogens (tertiary/aromatic N) is 2. The third kappa shape index (κ3) is 3.66. The van der Waals surface area contributed by atoms with Crippen LogP contribution in [-0.2, 0) is 0 Å². The Kier molecular flexibility index (Phi) is 3.76. The van der Waals surface area contributed by atoms with Crippen molar-refractivity contribution in [1.82, 2.24) is 15.3 Å². The molecule has 5 heteroatoms. The standard InChI is InChI=1S/C9H14N4S/c1-6(2)11-9(14)13-8-10-5-4-7(3)12-8/h4-6H,1-3H3,(H2,10,11,12,13,14). The molecule has 0 bridgehead atoms. The van der Waals surface area contributed by atoms with Crippen LogP contribution in [0.4, 0.5) is 5.95 Å². The number of rotatable bonds is 2. The Bertz CT molecular complexity index is 324. The molecule has 0 radical (unpaired) electrons. The number of thiocarbonyl (C=S) groups is 1. The van der Waals surface area contributed by atoms with E-state index in [2.05, 4.69) is 20.6 Å². The minimum Gasteiger partial charge on any atom is -0.360 e. The summed E-state index contributed by atoms with van der Waals surface area (Å²) in [5.74, 6) is 0.531. The Morgan fingerprint density at radius 2 is 2.21 bits per heavy atom. The van der Waals surface area contributed by atoms with Crippen molar-refractivity contribution in [3.05, 3.63) is 18.0 Å². The Labute approximate surface area is 89.2 Å². The van der Waals surface area contributed by atoms with Gasteiger partial charge in [0.25, 0.3) is 0 Å². The van der Waals surface area contributed by atoms with Gasteiger partial charge in [-0.2, -0.15) is 0 Å². The molecule has 0 amide bonds. The molecule has 14 heavy (non-hydrogen) atoms. The average Bonchev–Trinajstić information content (AvgIpc) is 2.01. The summed E-state index contributed by atoms with van der Waals surface area (Å²) in [5, 5.41) is 6.51. The maximum Gasteiger partial charge on any atom is 0.229 e. The quantitative estimate of drug-likeness (QED) is 0.724. The van der Waals surface area contributed by atoms with Gasteiger partial charge >= 0.3 is 0 Å². The van der Waals surface area contributed by atoms with Crippen molar-refractivity contribution < 1.29 is 0 Å². The normalized spacial score (nSPS) is 10.0. The number of aryl methyl sites for hydroxylation is 1. The molecule has 0 unspecified atom stereocenters. The molecule has 2 N–H and O–H groups in total. The van der Waals surface area contributed by atoms with Gasteiger partial charge in [0.2, 0.25) is 5.95 Å². The van der Waals surface area contributed by atoms with E-state index in [4.69, 9.17) is 12.2 Å². The summed E-state index contributed by atoms with van der Waals surface area (Å²) in [6, 6.07) is 2.14. The van der Waals surface area contributed by atoms with Crippen LogP contribution in [0.1, 0.15) is 19.5 Å². The molecular weight excluding hydrogens is 196 g/mol. The first kappa shape index (κ1) is 10.8. The van der Waals surface area contributed by atoms with Crippen molar-refractivity contribution in [3.63, 3.8) is 0 Å². The fourth-order valence-electron chi connectivity index (χ4n) is 0.909. The molecule has 0 fully saturated rings. The van der Waals surface area contributed by atoms with Crippen LogP contribution in [0, 0.1) is 6.92 Å². The van der Waals surface area contributed by atoms with E-state index >= 15 is 0 Å². The highest BCUT2D eigenvalue weighted by Gasteiger charge is 2.00. The van der Waals surface area contributed by atoms with Crippen molar-refractivity contribution in [2.24, 2.45) is 0 Å². The van der Waals surface area contributed by atoms with E-state index in [0.29, 0.717) is 17.1 Å². The molecule has 1 rings (SSSR count). The molecule has 0 saturated heterocycles. The molecular formula is C9H14N4S. The summed E-state index contributed by atoms with van der Waals surface area (Å²) in [5.41, 5.74) is 0.912. The highest BCUT2D eigenvalue weighted by atomic mass is 32.1. The Morgan fingerprint density at radius 3 is 2.79 bits per heavy atom. The zero-order valence-corrected chi connectivity index (χ0v) is 9.35. The van der Waals surface area contributed by atoms with Crippen LogP contribution in [-0.4, -0.2) is 21.1 Å². The fraction of sp³-hybridized carbons (Fsp3) is 0.444. The summed E-state index contributed by atoms with van der Waals surface area (Å²) >= 11 is 5.05. The molecule has 1 aromatic rings. The molecule has 4 nitrogen and oxygen atoms in total. The second-order valence-corrected chi connectivity index (χ2v) is 3.68. The van der Waals surface area contributed by atoms with Crippen LogP contribution in [0.3, 0.4) is 0 Å². The zero-order chi connectivity index (χ0) is 10.6. The molecule has 1 heterocycles. The van der Waals surface area contributed by atoms with Gasteiger partial charge in [-0.3, -0.25) is 0 Å². The van der Waals surface area contributed by atoms with E-state index in [-0.39, 0.29) is 0 Å². The zero-order valence-electron chi connectivity index (χ0n) is 8.53. The van der Waals surface area contributed by atoms with E-state index < -0.39 is 0 Å². The third-order valence-electron chi connectivity index (χ3n) is 1.44. The van der Waals surface area contributed by atoms with Crippen molar-refractivity contribution in [3.8, 4) is 0 Å². The minimum absolute atomic E-state index is 0.305. The summed E-state index contributed by atoms with van der Waals surface area (Å²) in [4.78, 5) is 8.21. The van der Waals surface area contributed by atoms with Crippen molar-refractivity contribution in [2.75, 3.05) is 5.32 Å². The van der Waals surface area contributed by atoms with Gasteiger partial charge in [-0.1, -0.05) is 0 Å². The van der Waals surface area contributed by atoms with Crippen LogP contribution in [0.2, 0.25) is 0 Å². The van der Waals surface area contributed by atoms with E-state index in [9.17, 15) is 0 Å². The van der Waals surface area contributed by atoms with Gasteiger partial charge in [-0.25, -0.2) is 9.97 Å².